The minimum Gasteiger partial charge on any atom is -0.462 e. The minimum atomic E-state index is -2.26. The molecule has 3 fully saturated rings. The first kappa shape index (κ1) is 59.1. The highest BCUT2D eigenvalue weighted by atomic mass is 16.7. The van der Waals surface area contributed by atoms with E-state index in [2.05, 4.69) is 5.32 Å². The lowest BCUT2D eigenvalue weighted by Gasteiger charge is -2.46. The van der Waals surface area contributed by atoms with E-state index >= 15 is 0 Å². The summed E-state index contributed by atoms with van der Waals surface area (Å²) < 4.78 is 23.5. The van der Waals surface area contributed by atoms with Crippen LogP contribution in [0.5, 0.6) is 0 Å². The van der Waals surface area contributed by atoms with E-state index in [-0.39, 0.29) is 56.7 Å². The second-order valence-corrected chi connectivity index (χ2v) is 19.5. The summed E-state index contributed by atoms with van der Waals surface area (Å²) in [7, 11) is 0. The molecule has 4 aliphatic rings. The van der Waals surface area contributed by atoms with Crippen LogP contribution in [0.25, 0.3) is 0 Å². The summed E-state index contributed by atoms with van der Waals surface area (Å²) >= 11 is 0. The maximum absolute atomic E-state index is 14.1. The maximum Gasteiger partial charge on any atom is 0.308 e. The molecule has 15 N–H and O–H groups in total. The molecule has 0 radical (unpaired) electrons. The van der Waals surface area contributed by atoms with Crippen molar-refractivity contribution < 1.29 is 79.6 Å². The molecule has 6 unspecified atom stereocenters. The topological polar surface area (TPSA) is 337 Å². The number of hydrogen-bond acceptors (Lipinski definition) is 18. The van der Waals surface area contributed by atoms with Crippen LogP contribution in [0.3, 0.4) is 0 Å². The molecule has 0 aromatic carbocycles. The Morgan fingerprint density at radius 3 is 1.89 bits per heavy atom. The SMILES string of the molecule is C[C@H]1C[C@H](O)[C@@H](C)/C=C/C=C/C=C/C=C/C=C/C=C/C=C/C(O[C@@H]2OC[C@@H](O)[C@H](N)[C@@H]2O)C[C@@H]2OC(O)(CC(O)CC(O)[C@H](O)CCC(O)CC(O)CC(=O)O1)C[C@H](O)[C@H]2C(=O)NC1CCC(N)CC1. The molecule has 1 amide bonds. The van der Waals surface area contributed by atoms with Crippen molar-refractivity contribution in [3.8, 4) is 0 Å². The number of carbonyl (C=O) groups excluding carboxylic acids is 2. The van der Waals surface area contributed by atoms with E-state index in [4.69, 9.17) is 30.4 Å². The van der Waals surface area contributed by atoms with Crippen LogP contribution < -0.4 is 16.8 Å². The van der Waals surface area contributed by atoms with E-state index in [9.17, 15) is 60.7 Å². The van der Waals surface area contributed by atoms with Gasteiger partial charge in [0, 0.05) is 50.1 Å². The zero-order valence-corrected chi connectivity index (χ0v) is 40.5. The largest absolute Gasteiger partial charge is 0.462 e. The van der Waals surface area contributed by atoms with Gasteiger partial charge in [0.25, 0.3) is 0 Å². The van der Waals surface area contributed by atoms with Crippen molar-refractivity contribution in [2.75, 3.05) is 6.61 Å². The van der Waals surface area contributed by atoms with Gasteiger partial charge in [0.15, 0.2) is 12.1 Å². The van der Waals surface area contributed by atoms with Gasteiger partial charge >= 0.3 is 5.97 Å². The fraction of sp³-hybridized carbons (Fsp3) is 0.686. The molecule has 70 heavy (non-hydrogen) atoms. The number of aliphatic hydroxyl groups excluding tert-OH is 9. The molecule has 2 bridgehead atoms. The van der Waals surface area contributed by atoms with Gasteiger partial charge < -0.3 is 86.8 Å². The van der Waals surface area contributed by atoms with Crippen LogP contribution >= 0.6 is 0 Å². The van der Waals surface area contributed by atoms with Gasteiger partial charge in [0.2, 0.25) is 5.91 Å². The van der Waals surface area contributed by atoms with Crippen LogP contribution in [0.2, 0.25) is 0 Å². The van der Waals surface area contributed by atoms with Crippen molar-refractivity contribution in [2.45, 2.75) is 201 Å². The third kappa shape index (κ3) is 20.6. The first-order valence-electron chi connectivity index (χ1n) is 24.7. The highest BCUT2D eigenvalue weighted by Gasteiger charge is 2.51. The number of rotatable bonds is 4. The van der Waals surface area contributed by atoms with Crippen LogP contribution in [0.15, 0.2) is 85.1 Å². The summed E-state index contributed by atoms with van der Waals surface area (Å²) in [6, 6.07) is -1.32. The summed E-state index contributed by atoms with van der Waals surface area (Å²) in [5.74, 6) is -5.03. The van der Waals surface area contributed by atoms with Gasteiger partial charge in [-0.3, -0.25) is 9.59 Å². The quantitative estimate of drug-likeness (QED) is 0.169. The Kier molecular flexibility index (Phi) is 25.2. The van der Waals surface area contributed by atoms with Crippen LogP contribution in [-0.4, -0.2) is 173 Å². The smallest absolute Gasteiger partial charge is 0.308 e. The maximum atomic E-state index is 14.1. The Morgan fingerprint density at radius 2 is 1.26 bits per heavy atom. The fourth-order valence-electron chi connectivity index (χ4n) is 9.07. The van der Waals surface area contributed by atoms with E-state index in [0.717, 1.165) is 0 Å². The van der Waals surface area contributed by atoms with Crippen molar-refractivity contribution in [2.24, 2.45) is 23.3 Å². The molecule has 3 heterocycles. The summed E-state index contributed by atoms with van der Waals surface area (Å²) in [5, 5.41) is 112. The normalized spacial score (nSPS) is 44.3. The van der Waals surface area contributed by atoms with Gasteiger partial charge in [0.05, 0.1) is 86.0 Å². The Hall–Kier alpha value is -3.48. The average Bonchev–Trinajstić information content (AvgIpc) is 3.27. The van der Waals surface area contributed by atoms with Gasteiger partial charge in [-0.1, -0.05) is 92.0 Å². The zero-order chi connectivity index (χ0) is 51.4. The number of ether oxygens (including phenoxy) is 4. The first-order chi connectivity index (χ1) is 33.2. The third-order valence-electron chi connectivity index (χ3n) is 13.2. The number of aliphatic hydroxyl groups is 10. The van der Waals surface area contributed by atoms with E-state index in [1.165, 1.54) is 0 Å². The number of nitrogens with one attached hydrogen (secondary N) is 1. The van der Waals surface area contributed by atoms with Gasteiger partial charge in [-0.25, -0.2) is 0 Å². The molecular formula is C51H81N3O16. The third-order valence-corrected chi connectivity index (χ3v) is 13.2. The molecule has 19 nitrogen and oxygen atoms in total. The number of allylic oxidation sites excluding steroid dienone is 12. The number of hydrogen-bond donors (Lipinski definition) is 13. The summed E-state index contributed by atoms with van der Waals surface area (Å²) in [5.41, 5.74) is 12.1. The highest BCUT2D eigenvalue weighted by molar-refractivity contribution is 5.80. The summed E-state index contributed by atoms with van der Waals surface area (Å²) in [6.45, 7) is 3.22. The summed E-state index contributed by atoms with van der Waals surface area (Å²) in [6.07, 6.45) is 8.71. The van der Waals surface area contributed by atoms with Gasteiger partial charge in [-0.05, 0) is 51.9 Å². The standard InChI is InChI=1S/C51H81N3O16/c1-31-15-13-11-9-7-5-3-4-6-8-10-12-14-16-38(69-50-48(64)47(53)43(62)30-67-50)27-44-46(49(65)54-34-19-17-33(52)18-20-34)42(61)29-51(66,70-44)28-37(57)25-41(60)39(58)22-21-35(55)24-36(56)26-45(63)68-32(2)23-40(31)59/h3-16,31-44,46-48,50,55-62,64,66H,17-30,52-53H2,1-2H3,(H,54,65)/b4-3+,7-5+,8-6+,11-9+,12-10+,15-13+,16-14+/t31-,32-,33?,34?,35?,36?,37?,38?,39+,40-,41?,42-,43+,44-,46+,47-,48-,50-,51?/m0/s1. The van der Waals surface area contributed by atoms with Crippen molar-refractivity contribution in [1.82, 2.24) is 5.32 Å². The predicted octanol–water partition coefficient (Wildman–Crippen LogP) is 0.379. The second-order valence-electron chi connectivity index (χ2n) is 19.5. The van der Waals surface area contributed by atoms with Crippen molar-refractivity contribution >= 4 is 11.9 Å². The van der Waals surface area contributed by atoms with Crippen LogP contribution in [-0.2, 0) is 28.5 Å². The molecule has 0 aromatic heterocycles. The lowest BCUT2D eigenvalue weighted by atomic mass is 9.81. The Bertz CT molecular complexity index is 1790. The van der Waals surface area contributed by atoms with E-state index in [1.807, 2.05) is 43.4 Å². The number of carbonyl (C=O) groups is 2. The van der Waals surface area contributed by atoms with E-state index in [1.54, 1.807) is 55.5 Å². The average molecular weight is 992 g/mol. The second kappa shape index (κ2) is 29.9. The lowest BCUT2D eigenvalue weighted by molar-refractivity contribution is -0.304. The van der Waals surface area contributed by atoms with E-state index < -0.39 is 135 Å². The summed E-state index contributed by atoms with van der Waals surface area (Å²) in [4.78, 5) is 26.6. The van der Waals surface area contributed by atoms with Crippen LogP contribution in [0, 0.1) is 11.8 Å². The lowest BCUT2D eigenvalue weighted by Crippen LogP contribution is -2.60. The fourth-order valence-corrected chi connectivity index (χ4v) is 9.07. The van der Waals surface area contributed by atoms with Crippen molar-refractivity contribution in [3.05, 3.63) is 85.1 Å². The Balaban J connectivity index is 1.58. The van der Waals surface area contributed by atoms with Gasteiger partial charge in [-0.15, -0.1) is 0 Å². The minimum absolute atomic E-state index is 0.00807. The monoisotopic (exact) mass is 992 g/mol. The first-order valence-corrected chi connectivity index (χ1v) is 24.7. The van der Waals surface area contributed by atoms with Crippen molar-refractivity contribution in [3.63, 3.8) is 0 Å². The molecule has 1 saturated carbocycles. The predicted molar refractivity (Wildman–Crippen MR) is 259 cm³/mol. The zero-order valence-electron chi connectivity index (χ0n) is 40.5. The number of amides is 1. The molecule has 0 spiro atoms. The highest BCUT2D eigenvalue weighted by Crippen LogP contribution is 2.38. The van der Waals surface area contributed by atoms with Gasteiger partial charge in [0.1, 0.15) is 12.2 Å². The number of fused-ring (bicyclic) bond motifs is 2. The Morgan fingerprint density at radius 1 is 0.657 bits per heavy atom. The van der Waals surface area contributed by atoms with Crippen LogP contribution in [0.1, 0.15) is 97.3 Å². The van der Waals surface area contributed by atoms with Crippen molar-refractivity contribution in [1.29, 1.82) is 0 Å². The number of cyclic esters (lactones) is 1. The molecule has 4 rings (SSSR count). The Labute approximate surface area is 411 Å². The number of nitrogens with two attached hydrogens (primary N) is 2. The number of esters is 1. The van der Waals surface area contributed by atoms with Crippen LogP contribution in [0.4, 0.5) is 0 Å². The molecule has 17 atom stereocenters. The van der Waals surface area contributed by atoms with E-state index in [0.29, 0.717) is 25.7 Å². The van der Waals surface area contributed by atoms with Gasteiger partial charge in [-0.2, -0.15) is 0 Å². The molecule has 19 heteroatoms. The molecule has 3 aliphatic heterocycles. The molecule has 2 saturated heterocycles. The molecule has 1 aliphatic carbocycles. The molecule has 0 aromatic rings. The molecule has 396 valence electrons. The molecular weight excluding hydrogens is 911 g/mol.